The van der Waals surface area contributed by atoms with Crippen molar-refractivity contribution in [3.63, 3.8) is 0 Å². The van der Waals surface area contributed by atoms with Gasteiger partial charge in [0, 0.05) is 17.7 Å². The Morgan fingerprint density at radius 2 is 2.06 bits per heavy atom. The lowest BCUT2D eigenvalue weighted by Crippen LogP contribution is -2.23. The molecule has 1 rings (SSSR count). The molecule has 1 aromatic heterocycles. The van der Waals surface area contributed by atoms with Crippen LogP contribution in [0, 0.1) is 6.92 Å². The van der Waals surface area contributed by atoms with E-state index < -0.39 is 0 Å². The Kier molecular flexibility index (Phi) is 4.68. The summed E-state index contributed by atoms with van der Waals surface area (Å²) in [5.74, 6) is 1.96. The van der Waals surface area contributed by atoms with Crippen LogP contribution in [-0.4, -0.2) is 27.7 Å². The predicted molar refractivity (Wildman–Crippen MR) is 65.6 cm³/mol. The van der Waals surface area contributed by atoms with E-state index in [1.54, 1.807) is 0 Å². The van der Waals surface area contributed by atoms with Crippen molar-refractivity contribution in [2.75, 3.05) is 11.9 Å². The van der Waals surface area contributed by atoms with Gasteiger partial charge in [-0.05, 0) is 13.3 Å². The van der Waals surface area contributed by atoms with Crippen LogP contribution in [0.3, 0.4) is 0 Å². The maximum Gasteiger partial charge on any atom is 0.133 e. The lowest BCUT2D eigenvalue weighted by molar-refractivity contribution is 0.271. The molecule has 90 valence electrons. The Bertz CT molecular complexity index is 335. The second-order valence-electron chi connectivity index (χ2n) is 4.34. The molecule has 0 amide bonds. The molecule has 1 aromatic rings. The van der Waals surface area contributed by atoms with Gasteiger partial charge in [-0.1, -0.05) is 20.8 Å². The maximum absolute atomic E-state index is 9.13. The minimum Gasteiger partial charge on any atom is -0.394 e. The molecule has 0 radical (unpaired) electrons. The molecular weight excluding hydrogens is 202 g/mol. The third kappa shape index (κ3) is 3.45. The second-order valence-corrected chi connectivity index (χ2v) is 4.34. The highest BCUT2D eigenvalue weighted by Crippen LogP contribution is 2.14. The Morgan fingerprint density at radius 3 is 2.56 bits per heavy atom. The van der Waals surface area contributed by atoms with Crippen molar-refractivity contribution >= 4 is 5.82 Å². The van der Waals surface area contributed by atoms with Crippen molar-refractivity contribution in [3.05, 3.63) is 17.6 Å². The minimum absolute atomic E-state index is 0.0642. The molecule has 16 heavy (non-hydrogen) atoms. The highest BCUT2D eigenvalue weighted by molar-refractivity contribution is 5.37. The first kappa shape index (κ1) is 12.9. The van der Waals surface area contributed by atoms with Gasteiger partial charge < -0.3 is 10.4 Å². The van der Waals surface area contributed by atoms with E-state index in [0.29, 0.717) is 5.92 Å². The summed E-state index contributed by atoms with van der Waals surface area (Å²) in [7, 11) is 0. The van der Waals surface area contributed by atoms with Crippen LogP contribution < -0.4 is 5.32 Å². The molecule has 4 nitrogen and oxygen atoms in total. The smallest absolute Gasteiger partial charge is 0.133 e. The summed E-state index contributed by atoms with van der Waals surface area (Å²) in [6, 6.07) is 1.97. The van der Waals surface area contributed by atoms with Gasteiger partial charge >= 0.3 is 0 Å². The van der Waals surface area contributed by atoms with Crippen molar-refractivity contribution in [1.82, 2.24) is 9.97 Å². The third-order valence-electron chi connectivity index (χ3n) is 2.45. The number of hydrogen-bond donors (Lipinski definition) is 2. The van der Waals surface area contributed by atoms with E-state index in [9.17, 15) is 0 Å². The summed E-state index contributed by atoms with van der Waals surface area (Å²) in [5.41, 5.74) is 0.953. The van der Waals surface area contributed by atoms with E-state index in [1.165, 1.54) is 0 Å². The molecule has 0 spiro atoms. The SMILES string of the molecule is CC[C@H](CO)Nc1cc(C)nc(C(C)C)n1. The molecule has 4 heteroatoms. The molecule has 0 aromatic carbocycles. The number of aryl methyl sites for hydroxylation is 1. The van der Waals surface area contributed by atoms with Crippen molar-refractivity contribution in [2.45, 2.75) is 46.1 Å². The lowest BCUT2D eigenvalue weighted by Gasteiger charge is -2.16. The average molecular weight is 223 g/mol. The standard InChI is InChI=1S/C12H21N3O/c1-5-10(7-16)14-11-6-9(4)13-12(15-11)8(2)3/h6,8,10,16H,5,7H2,1-4H3,(H,13,14,15)/t10-/m1/s1. The molecule has 0 saturated heterocycles. The van der Waals surface area contributed by atoms with Gasteiger partial charge in [0.2, 0.25) is 0 Å². The number of rotatable bonds is 5. The molecule has 0 aliphatic rings. The maximum atomic E-state index is 9.13. The predicted octanol–water partition coefficient (Wildman–Crippen LogP) is 2.09. The molecule has 0 aliphatic heterocycles. The molecule has 0 bridgehead atoms. The normalized spacial score (nSPS) is 12.9. The van der Waals surface area contributed by atoms with Crippen molar-refractivity contribution in [2.24, 2.45) is 0 Å². The van der Waals surface area contributed by atoms with Crippen LogP contribution in [0.15, 0.2) is 6.07 Å². The Hall–Kier alpha value is -1.16. The number of aliphatic hydroxyl groups excluding tert-OH is 1. The van der Waals surface area contributed by atoms with Gasteiger partial charge in [0.1, 0.15) is 11.6 Å². The number of nitrogens with zero attached hydrogens (tertiary/aromatic N) is 2. The van der Waals surface area contributed by atoms with Crippen LogP contribution >= 0.6 is 0 Å². The third-order valence-corrected chi connectivity index (χ3v) is 2.45. The van der Waals surface area contributed by atoms with Crippen molar-refractivity contribution in [1.29, 1.82) is 0 Å². The molecular formula is C12H21N3O. The van der Waals surface area contributed by atoms with Gasteiger partial charge in [-0.15, -0.1) is 0 Å². The van der Waals surface area contributed by atoms with Crippen LogP contribution in [0.4, 0.5) is 5.82 Å². The lowest BCUT2D eigenvalue weighted by atomic mass is 10.2. The fourth-order valence-electron chi connectivity index (χ4n) is 1.41. The largest absolute Gasteiger partial charge is 0.394 e. The number of anilines is 1. The average Bonchev–Trinajstić information content (AvgIpc) is 2.25. The molecule has 0 fully saturated rings. The number of hydrogen-bond acceptors (Lipinski definition) is 4. The van der Waals surface area contributed by atoms with Gasteiger partial charge in [-0.3, -0.25) is 0 Å². The second kappa shape index (κ2) is 5.80. The first-order valence-corrected chi connectivity index (χ1v) is 5.79. The zero-order valence-corrected chi connectivity index (χ0v) is 10.5. The van der Waals surface area contributed by atoms with Gasteiger partial charge in [-0.25, -0.2) is 9.97 Å². The highest BCUT2D eigenvalue weighted by atomic mass is 16.3. The van der Waals surface area contributed by atoms with Gasteiger partial charge in [0.05, 0.1) is 12.6 Å². The summed E-state index contributed by atoms with van der Waals surface area (Å²) in [5, 5.41) is 12.3. The molecule has 0 unspecified atom stereocenters. The summed E-state index contributed by atoms with van der Waals surface area (Å²) in [6.45, 7) is 8.25. The van der Waals surface area contributed by atoms with Crippen LogP contribution in [0.5, 0.6) is 0 Å². The summed E-state index contributed by atoms with van der Waals surface area (Å²) in [6.07, 6.45) is 0.872. The van der Waals surface area contributed by atoms with Gasteiger partial charge in [0.15, 0.2) is 0 Å². The summed E-state index contributed by atoms with van der Waals surface area (Å²) < 4.78 is 0. The van der Waals surface area contributed by atoms with Gasteiger partial charge in [0.25, 0.3) is 0 Å². The topological polar surface area (TPSA) is 58.0 Å². The van der Waals surface area contributed by atoms with Crippen LogP contribution in [-0.2, 0) is 0 Å². The van der Waals surface area contributed by atoms with E-state index in [-0.39, 0.29) is 12.6 Å². The Balaban J connectivity index is 2.87. The fraction of sp³-hybridized carbons (Fsp3) is 0.667. The minimum atomic E-state index is 0.0642. The Labute approximate surface area is 97.1 Å². The van der Waals surface area contributed by atoms with Crippen molar-refractivity contribution < 1.29 is 5.11 Å². The van der Waals surface area contributed by atoms with Crippen molar-refractivity contribution in [3.8, 4) is 0 Å². The zero-order chi connectivity index (χ0) is 12.1. The monoisotopic (exact) mass is 223 g/mol. The number of aliphatic hydroxyl groups is 1. The quantitative estimate of drug-likeness (QED) is 0.802. The van der Waals surface area contributed by atoms with E-state index in [0.717, 1.165) is 23.8 Å². The number of aromatic nitrogens is 2. The van der Waals surface area contributed by atoms with Crippen LogP contribution in [0.1, 0.15) is 44.6 Å². The molecule has 1 heterocycles. The molecule has 0 aliphatic carbocycles. The first-order valence-electron chi connectivity index (χ1n) is 5.79. The van der Waals surface area contributed by atoms with E-state index in [4.69, 9.17) is 5.11 Å². The summed E-state index contributed by atoms with van der Waals surface area (Å²) >= 11 is 0. The van der Waals surface area contributed by atoms with Crippen LogP contribution in [0.25, 0.3) is 0 Å². The molecule has 0 saturated carbocycles. The Morgan fingerprint density at radius 1 is 1.38 bits per heavy atom. The summed E-state index contributed by atoms with van der Waals surface area (Å²) in [4.78, 5) is 8.81. The molecule has 2 N–H and O–H groups in total. The zero-order valence-electron chi connectivity index (χ0n) is 10.5. The highest BCUT2D eigenvalue weighted by Gasteiger charge is 2.09. The number of nitrogens with one attached hydrogen (secondary N) is 1. The fourth-order valence-corrected chi connectivity index (χ4v) is 1.41. The first-order chi connectivity index (χ1) is 7.56. The van der Waals surface area contributed by atoms with Gasteiger partial charge in [-0.2, -0.15) is 0 Å². The van der Waals surface area contributed by atoms with E-state index in [2.05, 4.69) is 29.1 Å². The van der Waals surface area contributed by atoms with Crippen LogP contribution in [0.2, 0.25) is 0 Å². The molecule has 1 atom stereocenters. The van der Waals surface area contributed by atoms with E-state index in [1.807, 2.05) is 19.9 Å². The van der Waals surface area contributed by atoms with E-state index >= 15 is 0 Å².